The van der Waals surface area contributed by atoms with E-state index in [1.54, 1.807) is 11.3 Å². The van der Waals surface area contributed by atoms with Gasteiger partial charge in [-0.1, -0.05) is 115 Å². The van der Waals surface area contributed by atoms with Crippen LogP contribution < -0.4 is 21.5 Å². The van der Waals surface area contributed by atoms with E-state index < -0.39 is 0 Å². The Morgan fingerprint density at radius 3 is 1.52 bits per heavy atom. The molecule has 29 heavy (non-hydrogen) atoms. The zero-order valence-electron chi connectivity index (χ0n) is 19.2. The van der Waals surface area contributed by atoms with Crippen LogP contribution in [0.3, 0.4) is 0 Å². The minimum atomic E-state index is 0. The van der Waals surface area contributed by atoms with E-state index >= 15 is 0 Å². The van der Waals surface area contributed by atoms with E-state index in [1.165, 1.54) is 116 Å². The molecule has 0 radical (unpaired) electrons. The van der Waals surface area contributed by atoms with Crippen molar-refractivity contribution in [2.45, 2.75) is 129 Å². The van der Waals surface area contributed by atoms with Gasteiger partial charge in [-0.05, 0) is 12.8 Å². The highest BCUT2D eigenvalue weighted by atomic mass is 79.9. The van der Waals surface area contributed by atoms with Gasteiger partial charge in [0, 0.05) is 19.6 Å². The fraction of sp³-hybridized carbons (Fsp3) is 0.880. The molecule has 0 saturated heterocycles. The van der Waals surface area contributed by atoms with Gasteiger partial charge < -0.3 is 21.7 Å². The standard InChI is InChI=1S/C25H48NOS.BrH/c1-2-3-4-5-6-7-8-9-10-11-12-13-14-15-16-18-22-27-23-19-17-20-26-21-24-28-25-26;/h21,24-25H,2-20,22-23H2,1H3;1H/q+1;/p-1. The second-order valence-electron chi connectivity index (χ2n) is 8.39. The normalized spacial score (nSPS) is 10.9. The van der Waals surface area contributed by atoms with Crippen molar-refractivity contribution in [1.29, 1.82) is 0 Å². The zero-order chi connectivity index (χ0) is 20.0. The molecule has 0 unspecified atom stereocenters. The van der Waals surface area contributed by atoms with Gasteiger partial charge in [0.1, 0.15) is 6.54 Å². The number of aromatic nitrogens is 1. The molecule has 0 N–H and O–H groups in total. The van der Waals surface area contributed by atoms with Crippen LogP contribution in [0.25, 0.3) is 0 Å². The Bertz CT molecular complexity index is 400. The van der Waals surface area contributed by atoms with Gasteiger partial charge in [0.15, 0.2) is 6.20 Å². The molecule has 0 saturated carbocycles. The summed E-state index contributed by atoms with van der Waals surface area (Å²) in [6.45, 7) is 5.32. The Labute approximate surface area is 196 Å². The second kappa shape index (κ2) is 24.3. The average molecular weight is 491 g/mol. The van der Waals surface area contributed by atoms with Crippen LogP contribution in [0.5, 0.6) is 0 Å². The summed E-state index contributed by atoms with van der Waals surface area (Å²) < 4.78 is 8.03. The van der Waals surface area contributed by atoms with Crippen molar-refractivity contribution in [2.24, 2.45) is 0 Å². The van der Waals surface area contributed by atoms with Gasteiger partial charge in [-0.25, -0.2) is 0 Å². The van der Waals surface area contributed by atoms with Crippen molar-refractivity contribution in [1.82, 2.24) is 0 Å². The van der Waals surface area contributed by atoms with Gasteiger partial charge in [0.05, 0.1) is 5.38 Å². The van der Waals surface area contributed by atoms with Crippen LogP contribution in [-0.2, 0) is 11.3 Å². The van der Waals surface area contributed by atoms with Crippen molar-refractivity contribution in [3.63, 3.8) is 0 Å². The van der Waals surface area contributed by atoms with E-state index in [0.717, 1.165) is 19.8 Å². The Hall–Kier alpha value is 0.0700. The first-order valence-electron chi connectivity index (χ1n) is 12.4. The molecular formula is C25H48BrNOS. The summed E-state index contributed by atoms with van der Waals surface area (Å²) in [5.41, 5.74) is 2.18. The third kappa shape index (κ3) is 21.1. The fourth-order valence-electron chi connectivity index (χ4n) is 3.74. The van der Waals surface area contributed by atoms with Crippen LogP contribution >= 0.6 is 11.3 Å². The van der Waals surface area contributed by atoms with Crippen LogP contribution in [0, 0.1) is 0 Å². The SMILES string of the molecule is CCCCCCCCCCCCCCCCCCOCCCC[n+]1ccsc1.[Br-]. The summed E-state index contributed by atoms with van der Waals surface area (Å²) in [5, 5.41) is 2.13. The van der Waals surface area contributed by atoms with Gasteiger partial charge in [-0.2, -0.15) is 4.57 Å². The lowest BCUT2D eigenvalue weighted by Gasteiger charge is -2.04. The number of ether oxygens (including phenoxy) is 1. The van der Waals surface area contributed by atoms with Crippen LogP contribution in [0.4, 0.5) is 0 Å². The predicted molar refractivity (Wildman–Crippen MR) is 124 cm³/mol. The van der Waals surface area contributed by atoms with E-state index in [9.17, 15) is 0 Å². The molecule has 0 fully saturated rings. The van der Waals surface area contributed by atoms with Gasteiger partial charge in [0.25, 0.3) is 0 Å². The largest absolute Gasteiger partial charge is 1.00 e. The first-order chi connectivity index (χ1) is 13.9. The van der Waals surface area contributed by atoms with Crippen molar-refractivity contribution in [2.75, 3.05) is 13.2 Å². The molecule has 0 aromatic carbocycles. The molecular weight excluding hydrogens is 442 g/mol. The molecule has 0 aliphatic carbocycles. The number of hydrogen-bond donors (Lipinski definition) is 0. The number of rotatable bonds is 22. The van der Waals surface area contributed by atoms with Gasteiger partial charge in [-0.15, -0.1) is 0 Å². The smallest absolute Gasteiger partial charge is 0.224 e. The third-order valence-electron chi connectivity index (χ3n) is 5.62. The van der Waals surface area contributed by atoms with Gasteiger partial charge in [-0.3, -0.25) is 0 Å². The van der Waals surface area contributed by atoms with Crippen molar-refractivity contribution in [3.8, 4) is 0 Å². The maximum absolute atomic E-state index is 5.77. The van der Waals surface area contributed by atoms with Crippen LogP contribution in [-0.4, -0.2) is 13.2 Å². The predicted octanol–water partition coefficient (Wildman–Crippen LogP) is 5.10. The topological polar surface area (TPSA) is 13.1 Å². The molecule has 172 valence electrons. The maximum Gasteiger partial charge on any atom is 0.224 e. The molecule has 0 aliphatic heterocycles. The number of nitrogens with zero attached hydrogens (tertiary/aromatic N) is 1. The van der Waals surface area contributed by atoms with Crippen molar-refractivity contribution < 1.29 is 26.3 Å². The van der Waals surface area contributed by atoms with Crippen LogP contribution in [0.15, 0.2) is 17.1 Å². The van der Waals surface area contributed by atoms with E-state index in [-0.39, 0.29) is 17.0 Å². The average Bonchev–Trinajstić information content (AvgIpc) is 3.22. The summed E-state index contributed by atoms with van der Waals surface area (Å²) >= 11 is 1.76. The number of hydrogen-bond acceptors (Lipinski definition) is 2. The highest BCUT2D eigenvalue weighted by Crippen LogP contribution is 2.13. The number of halogens is 1. The van der Waals surface area contributed by atoms with E-state index in [1.807, 2.05) is 0 Å². The Kier molecular flexibility index (Phi) is 24.4. The number of aryl methyl sites for hydroxylation is 1. The summed E-state index contributed by atoms with van der Waals surface area (Å²) in [4.78, 5) is 0. The number of thiazole rings is 1. The van der Waals surface area contributed by atoms with E-state index in [2.05, 4.69) is 28.6 Å². The molecule has 1 heterocycles. The Morgan fingerprint density at radius 2 is 1.07 bits per heavy atom. The van der Waals surface area contributed by atoms with Crippen LogP contribution in [0.1, 0.15) is 122 Å². The molecule has 0 spiro atoms. The summed E-state index contributed by atoms with van der Waals surface area (Å²) in [5.74, 6) is 0. The van der Waals surface area contributed by atoms with E-state index in [4.69, 9.17) is 4.74 Å². The van der Waals surface area contributed by atoms with Gasteiger partial charge >= 0.3 is 0 Å². The molecule has 2 nitrogen and oxygen atoms in total. The second-order valence-corrected chi connectivity index (χ2v) is 9.14. The molecule has 0 atom stereocenters. The minimum Gasteiger partial charge on any atom is -1.00 e. The zero-order valence-corrected chi connectivity index (χ0v) is 21.6. The lowest BCUT2D eigenvalue weighted by Crippen LogP contribution is -3.00. The first-order valence-corrected chi connectivity index (χ1v) is 13.4. The molecule has 4 heteroatoms. The summed E-state index contributed by atoms with van der Waals surface area (Å²) in [7, 11) is 0. The summed E-state index contributed by atoms with van der Waals surface area (Å²) in [6, 6.07) is 0. The lowest BCUT2D eigenvalue weighted by molar-refractivity contribution is -0.692. The Morgan fingerprint density at radius 1 is 0.621 bits per heavy atom. The molecule has 1 rings (SSSR count). The molecule has 0 bridgehead atoms. The minimum absolute atomic E-state index is 0. The first kappa shape index (κ1) is 29.1. The van der Waals surface area contributed by atoms with Crippen molar-refractivity contribution >= 4 is 11.3 Å². The molecule has 1 aromatic heterocycles. The van der Waals surface area contributed by atoms with Gasteiger partial charge in [0.2, 0.25) is 5.51 Å². The van der Waals surface area contributed by atoms with E-state index in [0.29, 0.717) is 0 Å². The highest BCUT2D eigenvalue weighted by molar-refractivity contribution is 7.07. The fourth-order valence-corrected chi connectivity index (χ4v) is 4.37. The van der Waals surface area contributed by atoms with Crippen molar-refractivity contribution in [3.05, 3.63) is 17.1 Å². The highest BCUT2D eigenvalue weighted by Gasteiger charge is 1.99. The monoisotopic (exact) mass is 489 g/mol. The molecule has 0 amide bonds. The maximum atomic E-state index is 5.77. The Balaban J connectivity index is 0.00000784. The molecule has 1 aromatic rings. The number of unbranched alkanes of at least 4 members (excludes halogenated alkanes) is 16. The molecule has 0 aliphatic rings. The quantitative estimate of drug-likeness (QED) is 0.163. The van der Waals surface area contributed by atoms with Crippen LogP contribution in [0.2, 0.25) is 0 Å². The summed E-state index contributed by atoms with van der Waals surface area (Å²) in [6.07, 6.45) is 27.4. The third-order valence-corrected chi connectivity index (χ3v) is 6.30. The lowest BCUT2D eigenvalue weighted by atomic mass is 10.0.